The molecule has 1 fully saturated rings. The lowest BCUT2D eigenvalue weighted by Crippen LogP contribution is -2.60. The summed E-state index contributed by atoms with van der Waals surface area (Å²) in [6.07, 6.45) is 4.26. The third-order valence-corrected chi connectivity index (χ3v) is 4.59. The number of carboxylic acids is 1. The van der Waals surface area contributed by atoms with E-state index in [0.717, 1.165) is 19.3 Å². The summed E-state index contributed by atoms with van der Waals surface area (Å²) in [5.41, 5.74) is 0. The van der Waals surface area contributed by atoms with Gasteiger partial charge in [-0.1, -0.05) is 64.7 Å². The highest BCUT2D eigenvalue weighted by Gasteiger charge is 2.47. The quantitative estimate of drug-likeness (QED) is 0.369. The minimum Gasteiger partial charge on any atom is -0.479 e. The zero-order valence-corrected chi connectivity index (χ0v) is 15.2. The van der Waals surface area contributed by atoms with Crippen LogP contribution in [0.1, 0.15) is 71.1 Å². The molecule has 1 heterocycles. The van der Waals surface area contributed by atoms with Crippen molar-refractivity contribution in [1.82, 2.24) is 0 Å². The molecule has 4 N–H and O–H groups in total. The van der Waals surface area contributed by atoms with Crippen LogP contribution in [0.25, 0.3) is 0 Å². The van der Waals surface area contributed by atoms with Crippen molar-refractivity contribution in [1.29, 1.82) is 0 Å². The Hall–Kier alpha value is -0.730. The Morgan fingerprint density at radius 2 is 1.36 bits per heavy atom. The fourth-order valence-corrected chi connectivity index (χ4v) is 2.98. The molecule has 1 aliphatic rings. The van der Waals surface area contributed by atoms with Crippen LogP contribution >= 0.6 is 0 Å². The molecule has 7 heteroatoms. The Balaban J connectivity index is 2.10. The molecule has 0 saturated carbocycles. The van der Waals surface area contributed by atoms with E-state index in [-0.39, 0.29) is 0 Å². The second-order valence-corrected chi connectivity index (χ2v) is 6.79. The second-order valence-electron chi connectivity index (χ2n) is 6.79. The van der Waals surface area contributed by atoms with E-state index < -0.39 is 36.7 Å². The molecule has 148 valence electrons. The molecule has 1 unspecified atom stereocenters. The van der Waals surface area contributed by atoms with E-state index in [0.29, 0.717) is 6.61 Å². The van der Waals surface area contributed by atoms with Crippen molar-refractivity contribution in [2.45, 2.75) is 102 Å². The molecule has 0 aromatic heterocycles. The second kappa shape index (κ2) is 12.6. The van der Waals surface area contributed by atoms with Gasteiger partial charge in [-0.05, 0) is 6.42 Å². The number of rotatable bonds is 13. The Kier molecular flexibility index (Phi) is 11.2. The van der Waals surface area contributed by atoms with Crippen LogP contribution in [-0.4, -0.2) is 63.7 Å². The highest BCUT2D eigenvalue weighted by Crippen LogP contribution is 2.22. The topological polar surface area (TPSA) is 116 Å². The summed E-state index contributed by atoms with van der Waals surface area (Å²) >= 11 is 0. The number of carboxylic acid groups (broad SMARTS) is 1. The molecular formula is C18H34O7. The van der Waals surface area contributed by atoms with Gasteiger partial charge in [-0.25, -0.2) is 4.79 Å². The number of aliphatic hydroxyl groups excluding tert-OH is 3. The van der Waals surface area contributed by atoms with Crippen LogP contribution in [0.4, 0.5) is 0 Å². The summed E-state index contributed by atoms with van der Waals surface area (Å²) in [7, 11) is 0. The smallest absolute Gasteiger partial charge is 0.335 e. The van der Waals surface area contributed by atoms with E-state index in [4.69, 9.17) is 14.6 Å². The molecule has 7 nitrogen and oxygen atoms in total. The number of ether oxygens (including phenoxy) is 2. The lowest BCUT2D eigenvalue weighted by molar-refractivity contribution is -0.294. The maximum atomic E-state index is 11.0. The SMILES string of the molecule is CCCCCCCCCCCCO[C@H]1OC(C(=O)O)[C@@H](O)[C@H](O)[C@H]1O. The van der Waals surface area contributed by atoms with Gasteiger partial charge in [0.1, 0.15) is 18.3 Å². The summed E-state index contributed by atoms with van der Waals surface area (Å²) < 4.78 is 10.4. The van der Waals surface area contributed by atoms with Crippen LogP contribution in [-0.2, 0) is 14.3 Å². The zero-order chi connectivity index (χ0) is 18.7. The third kappa shape index (κ3) is 8.00. The number of unbranched alkanes of at least 4 members (excludes halogenated alkanes) is 9. The fraction of sp³-hybridized carbons (Fsp3) is 0.944. The van der Waals surface area contributed by atoms with Crippen molar-refractivity contribution >= 4 is 5.97 Å². The maximum Gasteiger partial charge on any atom is 0.335 e. The van der Waals surface area contributed by atoms with Crippen LogP contribution < -0.4 is 0 Å². The van der Waals surface area contributed by atoms with Gasteiger partial charge < -0.3 is 29.9 Å². The average Bonchev–Trinajstić information content (AvgIpc) is 2.59. The molecule has 0 bridgehead atoms. The highest BCUT2D eigenvalue weighted by molar-refractivity contribution is 5.73. The number of aliphatic carboxylic acids is 1. The monoisotopic (exact) mass is 362 g/mol. The predicted octanol–water partition coefficient (Wildman–Crippen LogP) is 1.82. The van der Waals surface area contributed by atoms with E-state index in [1.807, 2.05) is 0 Å². The first-order valence-electron chi connectivity index (χ1n) is 9.53. The molecule has 0 aromatic carbocycles. The van der Waals surface area contributed by atoms with E-state index in [9.17, 15) is 20.1 Å². The van der Waals surface area contributed by atoms with Crippen molar-refractivity contribution in [2.75, 3.05) is 6.61 Å². The van der Waals surface area contributed by atoms with Gasteiger partial charge in [0.05, 0.1) is 0 Å². The Bertz CT molecular complexity index is 363. The molecule has 0 radical (unpaired) electrons. The molecule has 1 rings (SSSR count). The first kappa shape index (κ1) is 22.3. The van der Waals surface area contributed by atoms with Gasteiger partial charge in [0.25, 0.3) is 0 Å². The molecule has 1 aliphatic heterocycles. The van der Waals surface area contributed by atoms with E-state index >= 15 is 0 Å². The van der Waals surface area contributed by atoms with E-state index in [1.54, 1.807) is 0 Å². The lowest BCUT2D eigenvalue weighted by atomic mass is 9.99. The third-order valence-electron chi connectivity index (χ3n) is 4.59. The number of aliphatic hydroxyl groups is 3. The fourth-order valence-electron chi connectivity index (χ4n) is 2.98. The van der Waals surface area contributed by atoms with Crippen LogP contribution in [0.15, 0.2) is 0 Å². The standard InChI is InChI=1S/C18H34O7/c1-2-3-4-5-6-7-8-9-10-11-12-24-18-15(21)13(19)14(20)16(25-18)17(22)23/h13-16,18-21H,2-12H2,1H3,(H,22,23)/t13-,14-,15+,16?,18-/m0/s1. The van der Waals surface area contributed by atoms with Crippen molar-refractivity contribution in [3.63, 3.8) is 0 Å². The molecular weight excluding hydrogens is 328 g/mol. The minimum absolute atomic E-state index is 0.313. The zero-order valence-electron chi connectivity index (χ0n) is 15.2. The lowest BCUT2D eigenvalue weighted by Gasteiger charge is -2.38. The van der Waals surface area contributed by atoms with Crippen LogP contribution in [0.3, 0.4) is 0 Å². The van der Waals surface area contributed by atoms with Crippen molar-refractivity contribution in [3.8, 4) is 0 Å². The summed E-state index contributed by atoms with van der Waals surface area (Å²) in [4.78, 5) is 11.0. The Morgan fingerprint density at radius 1 is 0.840 bits per heavy atom. The first-order chi connectivity index (χ1) is 12.0. The highest BCUT2D eigenvalue weighted by atomic mass is 16.7. The van der Waals surface area contributed by atoms with E-state index in [2.05, 4.69) is 6.92 Å². The van der Waals surface area contributed by atoms with Gasteiger partial charge in [0.2, 0.25) is 0 Å². The molecule has 0 aromatic rings. The molecule has 0 aliphatic carbocycles. The molecule has 25 heavy (non-hydrogen) atoms. The largest absolute Gasteiger partial charge is 0.479 e. The van der Waals surface area contributed by atoms with Crippen molar-refractivity contribution in [2.24, 2.45) is 0 Å². The van der Waals surface area contributed by atoms with Gasteiger partial charge in [0, 0.05) is 6.61 Å². The normalized spacial score (nSPS) is 29.7. The Morgan fingerprint density at radius 3 is 1.88 bits per heavy atom. The number of hydrogen-bond acceptors (Lipinski definition) is 6. The first-order valence-corrected chi connectivity index (χ1v) is 9.53. The predicted molar refractivity (Wildman–Crippen MR) is 92.1 cm³/mol. The number of hydrogen-bond donors (Lipinski definition) is 4. The van der Waals surface area contributed by atoms with Gasteiger partial charge in [-0.15, -0.1) is 0 Å². The van der Waals surface area contributed by atoms with Crippen molar-refractivity contribution < 1.29 is 34.7 Å². The molecule has 1 saturated heterocycles. The van der Waals surface area contributed by atoms with Crippen LogP contribution in [0.5, 0.6) is 0 Å². The summed E-state index contributed by atoms with van der Waals surface area (Å²) in [5.74, 6) is -1.40. The summed E-state index contributed by atoms with van der Waals surface area (Å²) in [6.45, 7) is 2.53. The maximum absolute atomic E-state index is 11.0. The minimum atomic E-state index is -1.68. The molecule has 0 amide bonds. The van der Waals surface area contributed by atoms with E-state index in [1.165, 1.54) is 44.9 Å². The van der Waals surface area contributed by atoms with Gasteiger partial charge in [-0.2, -0.15) is 0 Å². The van der Waals surface area contributed by atoms with Crippen LogP contribution in [0, 0.1) is 0 Å². The van der Waals surface area contributed by atoms with Crippen molar-refractivity contribution in [3.05, 3.63) is 0 Å². The number of carbonyl (C=O) groups is 1. The molecule has 5 atom stereocenters. The van der Waals surface area contributed by atoms with Gasteiger partial charge in [-0.3, -0.25) is 0 Å². The van der Waals surface area contributed by atoms with Gasteiger partial charge in [0.15, 0.2) is 12.4 Å². The summed E-state index contributed by atoms with van der Waals surface area (Å²) in [6, 6.07) is 0. The average molecular weight is 362 g/mol. The van der Waals surface area contributed by atoms with Gasteiger partial charge >= 0.3 is 5.97 Å². The molecule has 0 spiro atoms. The Labute approximate surface area is 150 Å². The van der Waals surface area contributed by atoms with Crippen LogP contribution in [0.2, 0.25) is 0 Å². The summed E-state index contributed by atoms with van der Waals surface area (Å²) in [5, 5.41) is 38.0.